The maximum Gasteiger partial charge on any atom is 0.524 e. The molecule has 0 saturated heterocycles. The quantitative estimate of drug-likeness (QED) is 0.137. The summed E-state index contributed by atoms with van der Waals surface area (Å²) in [5.74, 6) is 0. The van der Waals surface area contributed by atoms with Crippen molar-refractivity contribution in [3.05, 3.63) is 12.3 Å². The Morgan fingerprint density at radius 2 is 1.19 bits per heavy atom. The van der Waals surface area contributed by atoms with Crippen molar-refractivity contribution in [2.75, 3.05) is 13.2 Å². The molecule has 0 aromatic heterocycles. The van der Waals surface area contributed by atoms with Crippen molar-refractivity contribution in [2.45, 2.75) is 103 Å². The predicted octanol–water partition coefficient (Wildman–Crippen LogP) is 5.42. The van der Waals surface area contributed by atoms with E-state index in [1.54, 1.807) is 6.08 Å². The van der Waals surface area contributed by atoms with Crippen LogP contribution in [-0.2, 0) is 9.09 Å². The van der Waals surface area contributed by atoms with E-state index in [-0.39, 0.29) is 6.61 Å². The minimum Gasteiger partial charge on any atom is -0.413 e. The number of aliphatic hydroxyl groups is 1. The van der Waals surface area contributed by atoms with Crippen molar-refractivity contribution in [3.63, 3.8) is 0 Å². The molecular formula is C20H44NO5P. The zero-order chi connectivity index (χ0) is 20.6. The molecule has 0 fully saturated rings. The van der Waals surface area contributed by atoms with Gasteiger partial charge in [0.1, 0.15) is 0 Å². The van der Waals surface area contributed by atoms with Crippen molar-refractivity contribution in [3.8, 4) is 0 Å². The lowest BCUT2D eigenvalue weighted by Crippen LogP contribution is -2.02. The summed E-state index contributed by atoms with van der Waals surface area (Å²) in [5.41, 5.74) is 4.78. The van der Waals surface area contributed by atoms with Crippen molar-refractivity contribution in [1.29, 1.82) is 0 Å². The summed E-state index contributed by atoms with van der Waals surface area (Å²) in [5, 5.41) is 7.75. The van der Waals surface area contributed by atoms with Gasteiger partial charge in [-0.15, -0.1) is 0 Å². The van der Waals surface area contributed by atoms with E-state index in [2.05, 4.69) is 11.4 Å². The molecule has 0 aromatic rings. The van der Waals surface area contributed by atoms with Gasteiger partial charge in [-0.05, 0) is 18.9 Å². The standard InChI is InChI=1S/C18H37O4P.C2H7NO/c1-2-3-4-5-6-7-8-9-10-11-12-13-14-15-16-17-18-22-23(19,20)21;3-1-2-4/h17-18H,2-16H2,1H3,(H2,19,20,21);4H,1-3H2/b18-17+;. The molecule has 0 bridgehead atoms. The number of aliphatic hydroxyl groups excluding tert-OH is 1. The van der Waals surface area contributed by atoms with Gasteiger partial charge in [0.15, 0.2) is 0 Å². The van der Waals surface area contributed by atoms with Gasteiger partial charge >= 0.3 is 7.82 Å². The largest absolute Gasteiger partial charge is 0.524 e. The first-order chi connectivity index (χ1) is 13.0. The summed E-state index contributed by atoms with van der Waals surface area (Å²) in [6.45, 7) is 2.73. The van der Waals surface area contributed by atoms with Gasteiger partial charge in [0, 0.05) is 6.54 Å². The maximum absolute atomic E-state index is 10.4. The Hall–Kier alpha value is -0.390. The number of hydrogen-bond acceptors (Lipinski definition) is 4. The topological polar surface area (TPSA) is 113 Å². The van der Waals surface area contributed by atoms with E-state index >= 15 is 0 Å². The average Bonchev–Trinajstić information content (AvgIpc) is 2.63. The molecule has 164 valence electrons. The van der Waals surface area contributed by atoms with E-state index in [0.717, 1.165) is 19.1 Å². The van der Waals surface area contributed by atoms with Gasteiger partial charge in [-0.3, -0.25) is 9.79 Å². The van der Waals surface area contributed by atoms with Gasteiger partial charge in [-0.1, -0.05) is 90.4 Å². The van der Waals surface area contributed by atoms with Crippen LogP contribution in [0.25, 0.3) is 0 Å². The van der Waals surface area contributed by atoms with Crippen LogP contribution >= 0.6 is 7.82 Å². The normalized spacial score (nSPS) is 11.4. The van der Waals surface area contributed by atoms with E-state index < -0.39 is 7.82 Å². The number of nitrogens with two attached hydrogens (primary N) is 1. The van der Waals surface area contributed by atoms with Crippen LogP contribution in [-0.4, -0.2) is 28.0 Å². The molecule has 0 spiro atoms. The van der Waals surface area contributed by atoms with Crippen LogP contribution in [0, 0.1) is 0 Å². The Morgan fingerprint density at radius 3 is 1.52 bits per heavy atom. The van der Waals surface area contributed by atoms with Crippen LogP contribution < -0.4 is 5.73 Å². The molecule has 27 heavy (non-hydrogen) atoms. The van der Waals surface area contributed by atoms with Gasteiger partial charge in [0.05, 0.1) is 12.9 Å². The number of phosphoric ester groups is 1. The van der Waals surface area contributed by atoms with Gasteiger partial charge in [0.2, 0.25) is 0 Å². The second-order valence-corrected chi connectivity index (χ2v) is 8.06. The first-order valence-corrected chi connectivity index (χ1v) is 12.2. The van der Waals surface area contributed by atoms with E-state index in [1.165, 1.54) is 83.5 Å². The SMILES string of the molecule is CCCCCCCCCCCCCCCC/C=C/OP(=O)(O)O.NCCO. The highest BCUT2D eigenvalue weighted by Gasteiger charge is 2.10. The minimum atomic E-state index is -4.34. The highest BCUT2D eigenvalue weighted by atomic mass is 31.2. The maximum atomic E-state index is 10.4. The fraction of sp³-hybridized carbons (Fsp3) is 0.900. The fourth-order valence-electron chi connectivity index (χ4n) is 2.65. The van der Waals surface area contributed by atoms with Gasteiger partial charge < -0.3 is 15.4 Å². The molecule has 0 aliphatic heterocycles. The van der Waals surface area contributed by atoms with Crippen LogP contribution in [0.5, 0.6) is 0 Å². The number of phosphoric acid groups is 1. The molecule has 0 rings (SSSR count). The lowest BCUT2D eigenvalue weighted by molar-refractivity contribution is 0.258. The summed E-state index contributed by atoms with van der Waals surface area (Å²) in [7, 11) is -4.34. The smallest absolute Gasteiger partial charge is 0.413 e. The minimum absolute atomic E-state index is 0.0972. The van der Waals surface area contributed by atoms with Crippen LogP contribution in [0.2, 0.25) is 0 Å². The van der Waals surface area contributed by atoms with Gasteiger partial charge in [-0.25, -0.2) is 4.57 Å². The van der Waals surface area contributed by atoms with Gasteiger partial charge in [0.25, 0.3) is 0 Å². The molecule has 0 aromatic carbocycles. The third-order valence-corrected chi connectivity index (χ3v) is 4.54. The predicted molar refractivity (Wildman–Crippen MR) is 113 cm³/mol. The Balaban J connectivity index is 0. The van der Waals surface area contributed by atoms with Crippen LogP contribution in [0.1, 0.15) is 103 Å². The van der Waals surface area contributed by atoms with Crippen molar-refractivity contribution >= 4 is 7.82 Å². The van der Waals surface area contributed by atoms with Crippen LogP contribution in [0.3, 0.4) is 0 Å². The summed E-state index contributed by atoms with van der Waals surface area (Å²) in [6, 6.07) is 0. The molecule has 0 amide bonds. The van der Waals surface area contributed by atoms with Crippen molar-refractivity contribution < 1.29 is 24.0 Å². The van der Waals surface area contributed by atoms with E-state index in [1.807, 2.05) is 0 Å². The van der Waals surface area contributed by atoms with E-state index in [0.29, 0.717) is 6.54 Å². The highest BCUT2D eigenvalue weighted by Crippen LogP contribution is 2.35. The monoisotopic (exact) mass is 409 g/mol. The third-order valence-electron chi connectivity index (χ3n) is 4.15. The number of allylic oxidation sites excluding steroid dienone is 1. The summed E-state index contributed by atoms with van der Waals surface area (Å²) >= 11 is 0. The van der Waals surface area contributed by atoms with E-state index in [4.69, 9.17) is 20.6 Å². The molecule has 0 saturated carbocycles. The Kier molecular flexibility index (Phi) is 25.2. The second-order valence-electron chi connectivity index (χ2n) is 6.86. The molecule has 0 radical (unpaired) electrons. The van der Waals surface area contributed by atoms with Crippen molar-refractivity contribution in [2.24, 2.45) is 5.73 Å². The molecular weight excluding hydrogens is 365 g/mol. The van der Waals surface area contributed by atoms with Crippen LogP contribution in [0.4, 0.5) is 0 Å². The molecule has 7 heteroatoms. The average molecular weight is 410 g/mol. The third kappa shape index (κ3) is 33.6. The zero-order valence-electron chi connectivity index (χ0n) is 17.4. The molecule has 0 aliphatic carbocycles. The molecule has 0 heterocycles. The second kappa shape index (κ2) is 23.6. The molecule has 0 aliphatic rings. The Bertz CT molecular complexity index is 345. The summed E-state index contributed by atoms with van der Waals surface area (Å²) < 4.78 is 14.6. The summed E-state index contributed by atoms with van der Waals surface area (Å²) in [4.78, 5) is 17.0. The number of rotatable bonds is 18. The number of unbranched alkanes of at least 4 members (excludes halogenated alkanes) is 14. The molecule has 0 unspecified atom stereocenters. The van der Waals surface area contributed by atoms with Crippen LogP contribution in [0.15, 0.2) is 12.3 Å². The first kappa shape index (κ1) is 28.8. The molecule has 6 nitrogen and oxygen atoms in total. The summed E-state index contributed by atoms with van der Waals surface area (Å²) in [6.07, 6.45) is 22.3. The van der Waals surface area contributed by atoms with Gasteiger partial charge in [-0.2, -0.15) is 0 Å². The lowest BCUT2D eigenvalue weighted by Gasteiger charge is -2.03. The fourth-order valence-corrected chi connectivity index (χ4v) is 2.89. The highest BCUT2D eigenvalue weighted by molar-refractivity contribution is 7.46. The van der Waals surface area contributed by atoms with Crippen molar-refractivity contribution in [1.82, 2.24) is 0 Å². The molecule has 0 atom stereocenters. The number of hydrogen-bond donors (Lipinski definition) is 4. The first-order valence-electron chi connectivity index (χ1n) is 10.7. The van der Waals surface area contributed by atoms with E-state index in [9.17, 15) is 4.57 Å². The Morgan fingerprint density at radius 1 is 0.815 bits per heavy atom. The lowest BCUT2D eigenvalue weighted by atomic mass is 10.0. The molecule has 5 N–H and O–H groups in total. The zero-order valence-corrected chi connectivity index (χ0v) is 18.3. The Labute approximate surface area is 166 Å².